The molecule has 0 bridgehead atoms. The summed E-state index contributed by atoms with van der Waals surface area (Å²) in [5.74, 6) is 0.0894. The van der Waals surface area contributed by atoms with E-state index in [0.717, 1.165) is 25.2 Å². The lowest BCUT2D eigenvalue weighted by Crippen LogP contribution is -2.60. The Kier molecular flexibility index (Phi) is 4.23. The van der Waals surface area contributed by atoms with Crippen molar-refractivity contribution < 1.29 is 9.53 Å². The third kappa shape index (κ3) is 3.15. The quantitative estimate of drug-likeness (QED) is 0.787. The van der Waals surface area contributed by atoms with Crippen molar-refractivity contribution in [1.82, 2.24) is 19.6 Å². The summed E-state index contributed by atoms with van der Waals surface area (Å²) >= 11 is 0. The number of nitrogens with zero attached hydrogens (tertiary/aromatic N) is 4. The summed E-state index contributed by atoms with van der Waals surface area (Å²) in [4.78, 5) is 17.4. The molecule has 2 aliphatic rings. The summed E-state index contributed by atoms with van der Waals surface area (Å²) in [5.41, 5.74) is 1.40. The van der Waals surface area contributed by atoms with Crippen LogP contribution in [0.4, 0.5) is 0 Å². The fourth-order valence-corrected chi connectivity index (χ4v) is 3.45. The van der Waals surface area contributed by atoms with Gasteiger partial charge in [0.1, 0.15) is 0 Å². The smallest absolute Gasteiger partial charge is 0.257 e. The van der Waals surface area contributed by atoms with E-state index in [1.165, 1.54) is 0 Å². The maximum absolute atomic E-state index is 13.1. The normalized spacial score (nSPS) is 26.2. The fourth-order valence-electron chi connectivity index (χ4n) is 3.45. The maximum atomic E-state index is 13.1. The van der Waals surface area contributed by atoms with Gasteiger partial charge in [0.25, 0.3) is 5.91 Å². The van der Waals surface area contributed by atoms with Crippen molar-refractivity contribution in [2.24, 2.45) is 0 Å². The van der Waals surface area contributed by atoms with E-state index in [2.05, 4.69) is 37.8 Å². The molecule has 1 aromatic heterocycles. The predicted molar refractivity (Wildman–Crippen MR) is 88.6 cm³/mol. The molecular weight excluding hydrogens is 292 g/mol. The minimum atomic E-state index is -0.123. The number of aromatic nitrogens is 2. The predicted octanol–water partition coefficient (Wildman–Crippen LogP) is 1.49. The van der Waals surface area contributed by atoms with Crippen LogP contribution in [0.25, 0.3) is 0 Å². The first kappa shape index (κ1) is 16.5. The van der Waals surface area contributed by atoms with E-state index in [1.807, 2.05) is 22.7 Å². The lowest BCUT2D eigenvalue weighted by atomic mass is 9.98. The Hall–Kier alpha value is -1.40. The number of carbonyl (C=O) groups is 1. The Bertz CT molecular complexity index is 590. The van der Waals surface area contributed by atoms with Gasteiger partial charge in [-0.2, -0.15) is 5.10 Å². The number of likely N-dealkylation sites (N-methyl/N-ethyl adjacent to an activating group) is 1. The van der Waals surface area contributed by atoms with E-state index in [0.29, 0.717) is 18.7 Å². The van der Waals surface area contributed by atoms with Gasteiger partial charge in [0.2, 0.25) is 0 Å². The molecule has 2 atom stereocenters. The first-order chi connectivity index (χ1) is 10.8. The largest absolute Gasteiger partial charge is 0.374 e. The highest BCUT2D eigenvalue weighted by molar-refractivity contribution is 5.95. The van der Waals surface area contributed by atoms with Crippen LogP contribution in [0.15, 0.2) is 6.20 Å². The first-order valence-electron chi connectivity index (χ1n) is 8.45. The van der Waals surface area contributed by atoms with E-state index >= 15 is 0 Å². The van der Waals surface area contributed by atoms with Crippen LogP contribution in [0.2, 0.25) is 0 Å². The van der Waals surface area contributed by atoms with Gasteiger partial charge in [-0.3, -0.25) is 9.48 Å². The standard InChI is InChI=1S/C17H28N4O2/c1-12-13(10-21(18-12)17(2,3)4)16(22)20-8-9-23-15-6-7-19(5)11-14(15)20/h10,14-15H,6-9,11H2,1-5H3/t14-,15-/m1/s1. The molecule has 6 heteroatoms. The lowest BCUT2D eigenvalue weighted by molar-refractivity contribution is -0.0870. The Balaban J connectivity index is 1.86. The van der Waals surface area contributed by atoms with Gasteiger partial charge in [0.05, 0.1) is 35.5 Å². The van der Waals surface area contributed by atoms with Crippen molar-refractivity contribution in [3.63, 3.8) is 0 Å². The van der Waals surface area contributed by atoms with E-state index in [4.69, 9.17) is 4.74 Å². The number of morpholine rings is 1. The van der Waals surface area contributed by atoms with Crippen molar-refractivity contribution in [2.75, 3.05) is 33.3 Å². The third-order valence-corrected chi connectivity index (χ3v) is 4.87. The Morgan fingerprint density at radius 1 is 1.35 bits per heavy atom. The molecule has 1 amide bonds. The van der Waals surface area contributed by atoms with Crippen molar-refractivity contribution in [2.45, 2.75) is 51.8 Å². The van der Waals surface area contributed by atoms with Crippen LogP contribution in [0.3, 0.4) is 0 Å². The minimum Gasteiger partial charge on any atom is -0.374 e. The van der Waals surface area contributed by atoms with Crippen LogP contribution in [0, 0.1) is 6.92 Å². The van der Waals surface area contributed by atoms with Crippen LogP contribution >= 0.6 is 0 Å². The summed E-state index contributed by atoms with van der Waals surface area (Å²) in [7, 11) is 2.11. The number of piperidine rings is 1. The van der Waals surface area contributed by atoms with Crippen LogP contribution in [0.1, 0.15) is 43.2 Å². The van der Waals surface area contributed by atoms with Crippen molar-refractivity contribution >= 4 is 5.91 Å². The van der Waals surface area contributed by atoms with Gasteiger partial charge in [-0.05, 0) is 41.2 Å². The minimum absolute atomic E-state index is 0.0894. The number of rotatable bonds is 1. The van der Waals surface area contributed by atoms with E-state index in [1.54, 1.807) is 0 Å². The molecule has 0 saturated carbocycles. The molecule has 6 nitrogen and oxygen atoms in total. The van der Waals surface area contributed by atoms with Gasteiger partial charge < -0.3 is 14.5 Å². The molecule has 0 spiro atoms. The molecule has 0 radical (unpaired) electrons. The second-order valence-electron chi connectivity index (χ2n) is 7.77. The Morgan fingerprint density at radius 2 is 2.09 bits per heavy atom. The van der Waals surface area contributed by atoms with Crippen LogP contribution in [0.5, 0.6) is 0 Å². The number of ether oxygens (including phenoxy) is 1. The summed E-state index contributed by atoms with van der Waals surface area (Å²) < 4.78 is 7.78. The molecule has 1 aromatic rings. The van der Waals surface area contributed by atoms with Crippen molar-refractivity contribution in [1.29, 1.82) is 0 Å². The van der Waals surface area contributed by atoms with E-state index in [9.17, 15) is 4.79 Å². The van der Waals surface area contributed by atoms with Gasteiger partial charge in [-0.1, -0.05) is 0 Å². The number of hydrogen-bond acceptors (Lipinski definition) is 4. The molecule has 23 heavy (non-hydrogen) atoms. The molecular formula is C17H28N4O2. The zero-order chi connectivity index (χ0) is 16.8. The van der Waals surface area contributed by atoms with E-state index in [-0.39, 0.29) is 23.6 Å². The molecule has 0 aromatic carbocycles. The number of hydrogen-bond donors (Lipinski definition) is 0. The van der Waals surface area contributed by atoms with Gasteiger partial charge >= 0.3 is 0 Å². The summed E-state index contributed by atoms with van der Waals surface area (Å²) in [6.45, 7) is 11.4. The molecule has 0 N–H and O–H groups in total. The molecule has 2 fully saturated rings. The molecule has 2 aliphatic heterocycles. The molecule has 3 heterocycles. The van der Waals surface area contributed by atoms with Crippen LogP contribution in [-0.4, -0.2) is 70.9 Å². The molecule has 2 saturated heterocycles. The average molecular weight is 320 g/mol. The molecule has 0 aliphatic carbocycles. The molecule has 128 valence electrons. The second kappa shape index (κ2) is 5.91. The second-order valence-corrected chi connectivity index (χ2v) is 7.77. The Morgan fingerprint density at radius 3 is 2.74 bits per heavy atom. The van der Waals surface area contributed by atoms with Crippen molar-refractivity contribution in [3.05, 3.63) is 17.5 Å². The van der Waals surface area contributed by atoms with E-state index < -0.39 is 0 Å². The number of aryl methyl sites for hydroxylation is 1. The zero-order valence-corrected chi connectivity index (χ0v) is 14.9. The van der Waals surface area contributed by atoms with Crippen LogP contribution < -0.4 is 0 Å². The number of likely N-dealkylation sites (tertiary alicyclic amines) is 1. The highest BCUT2D eigenvalue weighted by Crippen LogP contribution is 2.25. The highest BCUT2D eigenvalue weighted by Gasteiger charge is 2.39. The summed E-state index contributed by atoms with van der Waals surface area (Å²) in [6, 6.07) is 0.146. The average Bonchev–Trinajstić information content (AvgIpc) is 2.88. The fraction of sp³-hybridized carbons (Fsp3) is 0.765. The van der Waals surface area contributed by atoms with Crippen LogP contribution in [-0.2, 0) is 10.3 Å². The summed E-state index contributed by atoms with van der Waals surface area (Å²) in [5, 5.41) is 4.54. The number of fused-ring (bicyclic) bond motifs is 1. The number of amides is 1. The monoisotopic (exact) mass is 320 g/mol. The lowest BCUT2D eigenvalue weighted by Gasteiger charge is -2.46. The van der Waals surface area contributed by atoms with Crippen molar-refractivity contribution in [3.8, 4) is 0 Å². The highest BCUT2D eigenvalue weighted by atomic mass is 16.5. The number of carbonyl (C=O) groups excluding carboxylic acids is 1. The van der Waals surface area contributed by atoms with Gasteiger partial charge in [0, 0.05) is 25.8 Å². The topological polar surface area (TPSA) is 50.6 Å². The summed E-state index contributed by atoms with van der Waals surface area (Å²) in [6.07, 6.45) is 3.06. The third-order valence-electron chi connectivity index (χ3n) is 4.87. The molecule has 0 unspecified atom stereocenters. The first-order valence-corrected chi connectivity index (χ1v) is 8.45. The zero-order valence-electron chi connectivity index (χ0n) is 14.9. The maximum Gasteiger partial charge on any atom is 0.257 e. The Labute approximate surface area is 138 Å². The van der Waals surface area contributed by atoms with Gasteiger partial charge in [-0.15, -0.1) is 0 Å². The van der Waals surface area contributed by atoms with Gasteiger partial charge in [0.15, 0.2) is 0 Å². The SMILES string of the molecule is Cc1nn(C(C)(C)C)cc1C(=O)N1CCO[C@@H]2CCN(C)C[C@H]21. The van der Waals surface area contributed by atoms with Gasteiger partial charge in [-0.25, -0.2) is 0 Å². The molecule has 3 rings (SSSR count).